The molecule has 3 rings (SSSR count). The molecule has 4 N–H and O–H groups in total. The number of halogens is 1. The monoisotopic (exact) mass is 484 g/mol. The van der Waals surface area contributed by atoms with Crippen LogP contribution in [0, 0.1) is 11.8 Å². The molecule has 1 atom stereocenters. The van der Waals surface area contributed by atoms with Crippen LogP contribution >= 0.6 is 11.6 Å². The van der Waals surface area contributed by atoms with Gasteiger partial charge >= 0.3 is 0 Å². The highest BCUT2D eigenvalue weighted by atomic mass is 35.5. The third kappa shape index (κ3) is 7.57. The molecule has 1 fully saturated rings. The number of carbonyl (C=O) groups excluding carboxylic acids is 3. The standard InChI is InChI=1S/C26H33ClN4O3/c1-17(2)14-23(30-25(33)20-6-8-21(27)9-7-20)26(34)29-22-5-3-4-18(15-22)16-31-12-10-19(11-13-31)24(28)32/h3-9,15,17,19,23H,10-14,16H2,1-2H3,(H2,28,32)(H,29,34)(H,30,33). The molecule has 1 aliphatic rings. The summed E-state index contributed by atoms with van der Waals surface area (Å²) in [6.45, 7) is 6.39. The molecule has 2 aromatic rings. The largest absolute Gasteiger partial charge is 0.369 e. The third-order valence-corrected chi connectivity index (χ3v) is 6.28. The summed E-state index contributed by atoms with van der Waals surface area (Å²) in [4.78, 5) is 39.4. The van der Waals surface area contributed by atoms with Crippen LogP contribution in [0.25, 0.3) is 0 Å². The molecule has 0 spiro atoms. The fraction of sp³-hybridized carbons (Fsp3) is 0.423. The van der Waals surface area contributed by atoms with E-state index in [0.717, 1.165) is 38.0 Å². The number of benzene rings is 2. The van der Waals surface area contributed by atoms with Gasteiger partial charge in [0.15, 0.2) is 0 Å². The SMILES string of the molecule is CC(C)CC(NC(=O)c1ccc(Cl)cc1)C(=O)Nc1cccc(CN2CCC(C(N)=O)CC2)c1. The van der Waals surface area contributed by atoms with Gasteiger partial charge < -0.3 is 16.4 Å². The van der Waals surface area contributed by atoms with Crippen molar-refractivity contribution in [1.29, 1.82) is 0 Å². The minimum atomic E-state index is -0.667. The van der Waals surface area contributed by atoms with Crippen LogP contribution in [0.1, 0.15) is 49.0 Å². The van der Waals surface area contributed by atoms with E-state index < -0.39 is 6.04 Å². The zero-order valence-corrected chi connectivity index (χ0v) is 20.5. The summed E-state index contributed by atoms with van der Waals surface area (Å²) in [5.74, 6) is -0.608. The lowest BCUT2D eigenvalue weighted by molar-refractivity contribution is -0.123. The van der Waals surface area contributed by atoms with E-state index in [2.05, 4.69) is 15.5 Å². The van der Waals surface area contributed by atoms with E-state index >= 15 is 0 Å². The van der Waals surface area contributed by atoms with Crippen LogP contribution in [0.5, 0.6) is 0 Å². The second kappa shape index (κ2) is 12.0. The van der Waals surface area contributed by atoms with Gasteiger partial charge in [0.2, 0.25) is 11.8 Å². The van der Waals surface area contributed by atoms with Gasteiger partial charge in [0, 0.05) is 28.7 Å². The van der Waals surface area contributed by atoms with Crippen molar-refractivity contribution in [2.75, 3.05) is 18.4 Å². The molecule has 3 amide bonds. The van der Waals surface area contributed by atoms with Gasteiger partial charge in [0.05, 0.1) is 0 Å². The number of nitrogens with one attached hydrogen (secondary N) is 2. The molecule has 1 aliphatic heterocycles. The van der Waals surface area contributed by atoms with Crippen molar-refractivity contribution in [3.8, 4) is 0 Å². The van der Waals surface area contributed by atoms with Crippen LogP contribution < -0.4 is 16.4 Å². The number of primary amides is 1. The van der Waals surface area contributed by atoms with Gasteiger partial charge in [-0.1, -0.05) is 37.6 Å². The van der Waals surface area contributed by atoms with E-state index in [1.165, 1.54) is 0 Å². The molecule has 0 bridgehead atoms. The number of rotatable bonds is 9. The van der Waals surface area contributed by atoms with Gasteiger partial charge in [-0.05, 0) is 80.2 Å². The first-order valence-electron chi connectivity index (χ1n) is 11.7. The number of amides is 3. The van der Waals surface area contributed by atoms with Crippen molar-refractivity contribution >= 4 is 35.0 Å². The molecule has 0 aliphatic carbocycles. The van der Waals surface area contributed by atoms with Gasteiger partial charge in [-0.15, -0.1) is 0 Å². The van der Waals surface area contributed by atoms with Crippen molar-refractivity contribution in [2.24, 2.45) is 17.6 Å². The number of hydrogen-bond donors (Lipinski definition) is 3. The second-order valence-corrected chi connectivity index (χ2v) is 9.74. The zero-order chi connectivity index (χ0) is 24.7. The summed E-state index contributed by atoms with van der Waals surface area (Å²) in [5.41, 5.74) is 7.63. The van der Waals surface area contributed by atoms with Crippen LogP contribution in [0.15, 0.2) is 48.5 Å². The number of piperidine rings is 1. The Labute approximate surface area is 206 Å². The highest BCUT2D eigenvalue weighted by Crippen LogP contribution is 2.20. The predicted molar refractivity (Wildman–Crippen MR) is 134 cm³/mol. The number of likely N-dealkylation sites (tertiary alicyclic amines) is 1. The Hall–Kier alpha value is -2.90. The first kappa shape index (κ1) is 25.7. The van der Waals surface area contributed by atoms with Crippen LogP contribution in [0.3, 0.4) is 0 Å². The van der Waals surface area contributed by atoms with Gasteiger partial charge in [-0.3, -0.25) is 19.3 Å². The highest BCUT2D eigenvalue weighted by Gasteiger charge is 2.24. The Morgan fingerprint density at radius 2 is 1.76 bits per heavy atom. The van der Waals surface area contributed by atoms with Gasteiger partial charge in [0.1, 0.15) is 6.04 Å². The molecule has 1 heterocycles. The molecule has 2 aromatic carbocycles. The molecule has 0 radical (unpaired) electrons. The third-order valence-electron chi connectivity index (χ3n) is 6.03. The lowest BCUT2D eigenvalue weighted by atomic mass is 9.96. The van der Waals surface area contributed by atoms with Crippen molar-refractivity contribution < 1.29 is 14.4 Å². The lowest BCUT2D eigenvalue weighted by Crippen LogP contribution is -2.44. The Kier molecular flexibility index (Phi) is 9.07. The zero-order valence-electron chi connectivity index (χ0n) is 19.7. The molecule has 8 heteroatoms. The fourth-order valence-corrected chi connectivity index (χ4v) is 4.28. The average Bonchev–Trinajstić information content (AvgIpc) is 2.79. The summed E-state index contributed by atoms with van der Waals surface area (Å²) in [6.07, 6.45) is 2.06. The van der Waals surface area contributed by atoms with Crippen LogP contribution in [0.2, 0.25) is 5.02 Å². The molecule has 182 valence electrons. The molecule has 0 saturated carbocycles. The fourth-order valence-electron chi connectivity index (χ4n) is 4.16. The molecule has 7 nitrogen and oxygen atoms in total. The van der Waals surface area contributed by atoms with E-state index in [9.17, 15) is 14.4 Å². The van der Waals surface area contributed by atoms with Crippen LogP contribution in [-0.4, -0.2) is 41.8 Å². The quantitative estimate of drug-likeness (QED) is 0.503. The van der Waals surface area contributed by atoms with Crippen LogP contribution in [-0.2, 0) is 16.1 Å². The number of carbonyl (C=O) groups is 3. The minimum Gasteiger partial charge on any atom is -0.369 e. The predicted octanol–water partition coefficient (Wildman–Crippen LogP) is 3.82. The first-order valence-corrected chi connectivity index (χ1v) is 12.1. The van der Waals surface area contributed by atoms with Gasteiger partial charge in [-0.2, -0.15) is 0 Å². The lowest BCUT2D eigenvalue weighted by Gasteiger charge is -2.30. The highest BCUT2D eigenvalue weighted by molar-refractivity contribution is 6.30. The topological polar surface area (TPSA) is 105 Å². The Morgan fingerprint density at radius 3 is 2.38 bits per heavy atom. The van der Waals surface area contributed by atoms with Crippen molar-refractivity contribution in [2.45, 2.75) is 45.7 Å². The van der Waals surface area contributed by atoms with Gasteiger partial charge in [-0.25, -0.2) is 0 Å². The first-order chi connectivity index (χ1) is 16.2. The maximum Gasteiger partial charge on any atom is 0.251 e. The number of hydrogen-bond acceptors (Lipinski definition) is 4. The normalized spacial score (nSPS) is 15.6. The average molecular weight is 485 g/mol. The van der Waals surface area contributed by atoms with E-state index in [1.807, 2.05) is 38.1 Å². The molecular weight excluding hydrogens is 452 g/mol. The molecule has 0 aromatic heterocycles. The molecular formula is C26H33ClN4O3. The molecule has 1 unspecified atom stereocenters. The number of anilines is 1. The van der Waals surface area contributed by atoms with Crippen molar-refractivity contribution in [1.82, 2.24) is 10.2 Å². The van der Waals surface area contributed by atoms with E-state index in [1.54, 1.807) is 24.3 Å². The Balaban J connectivity index is 1.62. The minimum absolute atomic E-state index is 0.0390. The summed E-state index contributed by atoms with van der Waals surface area (Å²) >= 11 is 5.91. The van der Waals surface area contributed by atoms with Crippen LogP contribution in [0.4, 0.5) is 5.69 Å². The maximum absolute atomic E-state index is 13.1. The van der Waals surface area contributed by atoms with Crippen molar-refractivity contribution in [3.05, 3.63) is 64.7 Å². The summed E-state index contributed by atoms with van der Waals surface area (Å²) in [6, 6.07) is 13.6. The molecule has 1 saturated heterocycles. The number of nitrogens with zero attached hydrogens (tertiary/aromatic N) is 1. The summed E-state index contributed by atoms with van der Waals surface area (Å²) < 4.78 is 0. The number of nitrogens with two attached hydrogens (primary N) is 1. The van der Waals surface area contributed by atoms with E-state index in [0.29, 0.717) is 22.7 Å². The maximum atomic E-state index is 13.1. The smallest absolute Gasteiger partial charge is 0.251 e. The van der Waals surface area contributed by atoms with E-state index in [-0.39, 0.29) is 29.6 Å². The molecule has 34 heavy (non-hydrogen) atoms. The summed E-state index contributed by atoms with van der Waals surface area (Å²) in [5, 5.41) is 6.36. The second-order valence-electron chi connectivity index (χ2n) is 9.30. The Morgan fingerprint density at radius 1 is 1.09 bits per heavy atom. The van der Waals surface area contributed by atoms with Crippen molar-refractivity contribution in [3.63, 3.8) is 0 Å². The van der Waals surface area contributed by atoms with Gasteiger partial charge in [0.25, 0.3) is 5.91 Å². The summed E-state index contributed by atoms with van der Waals surface area (Å²) in [7, 11) is 0. The van der Waals surface area contributed by atoms with E-state index in [4.69, 9.17) is 17.3 Å². The Bertz CT molecular complexity index is 1000.